The number of halogens is 4. The van der Waals surface area contributed by atoms with E-state index in [4.69, 9.17) is 0 Å². The molecule has 8 heteroatoms. The summed E-state index contributed by atoms with van der Waals surface area (Å²) in [5, 5.41) is 0. The fraction of sp³-hybridized carbons (Fsp3) is 0.143. The fourth-order valence-electron chi connectivity index (χ4n) is 2.16. The lowest BCUT2D eigenvalue weighted by Crippen LogP contribution is -2.28. The van der Waals surface area contributed by atoms with Crippen LogP contribution in [0.2, 0.25) is 0 Å². The molecule has 0 bridgehead atoms. The molecule has 0 aliphatic heterocycles. The van der Waals surface area contributed by atoms with E-state index in [9.17, 15) is 22.4 Å². The molecule has 1 N–H and O–H groups in total. The number of para-hydroxylation sites is 1. The molecule has 0 atom stereocenters. The third-order valence-corrected chi connectivity index (χ3v) is 3.16. The van der Waals surface area contributed by atoms with Gasteiger partial charge in [0.2, 0.25) is 0 Å². The van der Waals surface area contributed by atoms with Crippen molar-refractivity contribution in [2.75, 3.05) is 0 Å². The summed E-state index contributed by atoms with van der Waals surface area (Å²) in [5.41, 5.74) is -1.93. The summed E-state index contributed by atoms with van der Waals surface area (Å²) >= 11 is 0. The number of pyridine rings is 1. The number of nitrogens with one attached hydrogen (secondary N) is 1. The Morgan fingerprint density at radius 2 is 1.95 bits per heavy atom. The number of rotatable bonds is 2. The van der Waals surface area contributed by atoms with Crippen LogP contribution < -0.4 is 5.56 Å². The smallest absolute Gasteiger partial charge is 0.340 e. The number of imidazole rings is 1. The lowest BCUT2D eigenvalue weighted by molar-refractivity contribution is -0.138. The SMILES string of the molecule is O=c1c(C(F)(F)F)cccn1Cc1nc2c(F)cccc2[nH]1. The Morgan fingerprint density at radius 3 is 2.64 bits per heavy atom. The van der Waals surface area contributed by atoms with Gasteiger partial charge in [-0.1, -0.05) is 6.07 Å². The van der Waals surface area contributed by atoms with E-state index >= 15 is 0 Å². The van der Waals surface area contributed by atoms with Crippen LogP contribution in [-0.4, -0.2) is 14.5 Å². The first-order chi connectivity index (χ1) is 10.4. The maximum absolute atomic E-state index is 13.5. The summed E-state index contributed by atoms with van der Waals surface area (Å²) in [6, 6.07) is 6.15. The fourth-order valence-corrected chi connectivity index (χ4v) is 2.16. The monoisotopic (exact) mass is 311 g/mol. The zero-order chi connectivity index (χ0) is 15.9. The van der Waals surface area contributed by atoms with E-state index in [-0.39, 0.29) is 17.9 Å². The van der Waals surface area contributed by atoms with Gasteiger partial charge in [-0.25, -0.2) is 9.37 Å². The summed E-state index contributed by atoms with van der Waals surface area (Å²) in [7, 11) is 0. The second-order valence-corrected chi connectivity index (χ2v) is 4.67. The number of alkyl halides is 3. The van der Waals surface area contributed by atoms with Crippen LogP contribution in [0.25, 0.3) is 11.0 Å². The van der Waals surface area contributed by atoms with Crippen molar-refractivity contribution in [2.24, 2.45) is 0 Å². The Bertz CT molecular complexity index is 895. The Labute approximate surface area is 121 Å². The average molecular weight is 311 g/mol. The molecule has 1 aromatic carbocycles. The predicted molar refractivity (Wildman–Crippen MR) is 70.9 cm³/mol. The van der Waals surface area contributed by atoms with Crippen LogP contribution in [0.5, 0.6) is 0 Å². The first-order valence-corrected chi connectivity index (χ1v) is 6.26. The van der Waals surface area contributed by atoms with Gasteiger partial charge in [-0.2, -0.15) is 13.2 Å². The number of fused-ring (bicyclic) bond motifs is 1. The minimum atomic E-state index is -4.72. The molecule has 0 amide bonds. The molecule has 114 valence electrons. The standard InChI is InChI=1S/C14H9F4N3O/c15-9-4-1-5-10-12(9)20-11(19-10)7-21-6-2-3-8(13(21)22)14(16,17)18/h1-6H,7H2,(H,19,20). The van der Waals surface area contributed by atoms with Gasteiger partial charge in [0.05, 0.1) is 12.1 Å². The van der Waals surface area contributed by atoms with E-state index in [1.165, 1.54) is 18.3 Å². The number of hydrogen-bond acceptors (Lipinski definition) is 2. The van der Waals surface area contributed by atoms with Gasteiger partial charge in [-0.15, -0.1) is 0 Å². The first kappa shape index (κ1) is 14.3. The number of benzene rings is 1. The number of nitrogens with zero attached hydrogens (tertiary/aromatic N) is 2. The van der Waals surface area contributed by atoms with Crippen molar-refractivity contribution < 1.29 is 17.6 Å². The van der Waals surface area contributed by atoms with Gasteiger partial charge in [-0.3, -0.25) is 4.79 Å². The first-order valence-electron chi connectivity index (χ1n) is 6.26. The second kappa shape index (κ2) is 4.97. The van der Waals surface area contributed by atoms with Crippen molar-refractivity contribution in [3.8, 4) is 0 Å². The van der Waals surface area contributed by atoms with Crippen molar-refractivity contribution >= 4 is 11.0 Å². The van der Waals surface area contributed by atoms with Crippen LogP contribution in [0.15, 0.2) is 41.3 Å². The third-order valence-electron chi connectivity index (χ3n) is 3.16. The zero-order valence-electron chi connectivity index (χ0n) is 11.0. The van der Waals surface area contributed by atoms with E-state index in [0.717, 1.165) is 16.7 Å². The van der Waals surface area contributed by atoms with Crippen molar-refractivity contribution in [3.63, 3.8) is 0 Å². The van der Waals surface area contributed by atoms with Crippen LogP contribution in [0, 0.1) is 5.82 Å². The molecule has 2 heterocycles. The van der Waals surface area contributed by atoms with Crippen LogP contribution >= 0.6 is 0 Å². The molecule has 0 unspecified atom stereocenters. The molecule has 0 spiro atoms. The van der Waals surface area contributed by atoms with Crippen LogP contribution in [0.3, 0.4) is 0 Å². The number of hydrogen-bond donors (Lipinski definition) is 1. The molecule has 2 aromatic heterocycles. The Kier molecular flexibility index (Phi) is 3.23. The van der Waals surface area contributed by atoms with Crippen LogP contribution in [-0.2, 0) is 12.7 Å². The molecule has 0 saturated heterocycles. The number of H-pyrrole nitrogens is 1. The highest BCUT2D eigenvalue weighted by molar-refractivity contribution is 5.75. The Hall–Kier alpha value is -2.64. The minimum Gasteiger partial charge on any atom is -0.340 e. The van der Waals surface area contributed by atoms with Gasteiger partial charge >= 0.3 is 6.18 Å². The van der Waals surface area contributed by atoms with Gasteiger partial charge in [0.25, 0.3) is 5.56 Å². The molecule has 0 radical (unpaired) electrons. The van der Waals surface area contributed by atoms with E-state index in [1.54, 1.807) is 6.07 Å². The van der Waals surface area contributed by atoms with Gasteiger partial charge in [-0.05, 0) is 24.3 Å². The maximum Gasteiger partial charge on any atom is 0.421 e. The molecule has 3 aromatic rings. The highest BCUT2D eigenvalue weighted by atomic mass is 19.4. The molecule has 0 saturated carbocycles. The normalized spacial score (nSPS) is 12.0. The predicted octanol–water partition coefficient (Wildman–Crippen LogP) is 2.93. The molecular weight excluding hydrogens is 302 g/mol. The van der Waals surface area contributed by atoms with Crippen molar-refractivity contribution in [1.82, 2.24) is 14.5 Å². The van der Waals surface area contributed by atoms with Crippen LogP contribution in [0.1, 0.15) is 11.4 Å². The Balaban J connectivity index is 2.02. The molecule has 0 fully saturated rings. The lowest BCUT2D eigenvalue weighted by atomic mass is 10.2. The van der Waals surface area contributed by atoms with Gasteiger partial charge in [0.15, 0.2) is 5.82 Å². The van der Waals surface area contributed by atoms with Gasteiger partial charge in [0.1, 0.15) is 16.9 Å². The molecule has 4 nitrogen and oxygen atoms in total. The molecule has 3 rings (SSSR count). The van der Waals surface area contributed by atoms with Crippen molar-refractivity contribution in [2.45, 2.75) is 12.7 Å². The summed E-state index contributed by atoms with van der Waals surface area (Å²) in [6.45, 7) is -0.211. The number of aromatic nitrogens is 3. The topological polar surface area (TPSA) is 50.7 Å². The third kappa shape index (κ3) is 2.47. The highest BCUT2D eigenvalue weighted by Crippen LogP contribution is 2.26. The summed E-state index contributed by atoms with van der Waals surface area (Å²) in [6.07, 6.45) is -3.50. The molecule has 0 aliphatic rings. The number of aromatic amines is 1. The quantitative estimate of drug-likeness (QED) is 0.740. The highest BCUT2D eigenvalue weighted by Gasteiger charge is 2.34. The Morgan fingerprint density at radius 1 is 1.18 bits per heavy atom. The molecule has 0 aliphatic carbocycles. The largest absolute Gasteiger partial charge is 0.421 e. The van der Waals surface area contributed by atoms with Crippen LogP contribution in [0.4, 0.5) is 17.6 Å². The maximum atomic E-state index is 13.5. The lowest BCUT2D eigenvalue weighted by Gasteiger charge is -2.09. The van der Waals surface area contributed by atoms with Gasteiger partial charge < -0.3 is 9.55 Å². The average Bonchev–Trinajstić information content (AvgIpc) is 2.84. The second-order valence-electron chi connectivity index (χ2n) is 4.67. The molecule has 22 heavy (non-hydrogen) atoms. The summed E-state index contributed by atoms with van der Waals surface area (Å²) in [4.78, 5) is 18.6. The minimum absolute atomic E-state index is 0.0810. The van der Waals surface area contributed by atoms with Crippen molar-refractivity contribution in [3.05, 3.63) is 64.1 Å². The molecular formula is C14H9F4N3O. The summed E-state index contributed by atoms with van der Waals surface area (Å²) < 4.78 is 52.5. The van der Waals surface area contributed by atoms with E-state index in [1.807, 2.05) is 0 Å². The van der Waals surface area contributed by atoms with E-state index in [0.29, 0.717) is 5.52 Å². The van der Waals surface area contributed by atoms with Crippen molar-refractivity contribution in [1.29, 1.82) is 0 Å². The summed E-state index contributed by atoms with van der Waals surface area (Å²) in [5.74, 6) is -0.349. The zero-order valence-corrected chi connectivity index (χ0v) is 11.0. The van der Waals surface area contributed by atoms with Gasteiger partial charge in [0, 0.05) is 6.20 Å². The van der Waals surface area contributed by atoms with E-state index < -0.39 is 23.1 Å². The van der Waals surface area contributed by atoms with E-state index in [2.05, 4.69) is 9.97 Å².